The van der Waals surface area contributed by atoms with Gasteiger partial charge in [0.05, 0.1) is 17.9 Å². The predicted octanol–water partition coefficient (Wildman–Crippen LogP) is 3.45. The number of hydrogen-bond acceptors (Lipinski definition) is 3. The first-order valence-corrected chi connectivity index (χ1v) is 7.89. The van der Waals surface area contributed by atoms with Crippen molar-refractivity contribution in [2.24, 2.45) is 5.73 Å². The molecule has 1 aromatic carbocycles. The van der Waals surface area contributed by atoms with Gasteiger partial charge in [-0.2, -0.15) is 0 Å². The highest BCUT2D eigenvalue weighted by molar-refractivity contribution is 5.30. The number of rotatable bonds is 7. The van der Waals surface area contributed by atoms with Crippen LogP contribution in [0.2, 0.25) is 0 Å². The Kier molecular flexibility index (Phi) is 5.12. The summed E-state index contributed by atoms with van der Waals surface area (Å²) in [6, 6.07) is 10.5. The highest BCUT2D eigenvalue weighted by Crippen LogP contribution is 2.41. The molecule has 0 bridgehead atoms. The van der Waals surface area contributed by atoms with E-state index in [0.717, 1.165) is 31.5 Å². The van der Waals surface area contributed by atoms with E-state index >= 15 is 0 Å². The van der Waals surface area contributed by atoms with Gasteiger partial charge in [-0.15, -0.1) is 5.10 Å². The minimum absolute atomic E-state index is 0.0749. The fraction of sp³-hybridized carbons (Fsp3) is 0.529. The highest BCUT2D eigenvalue weighted by Gasteiger charge is 2.37. The predicted molar refractivity (Wildman–Crippen MR) is 85.9 cm³/mol. The molecule has 0 aliphatic rings. The van der Waals surface area contributed by atoms with Crippen molar-refractivity contribution in [3.8, 4) is 0 Å². The maximum Gasteiger partial charge on any atom is 0.0763 e. The van der Waals surface area contributed by atoms with Crippen LogP contribution in [0.5, 0.6) is 0 Å². The Morgan fingerprint density at radius 3 is 2.38 bits per heavy atom. The average Bonchev–Trinajstić information content (AvgIpc) is 2.98. The molecule has 2 N–H and O–H groups in total. The van der Waals surface area contributed by atoms with Gasteiger partial charge in [0.15, 0.2) is 0 Å². The van der Waals surface area contributed by atoms with Crippen molar-refractivity contribution in [1.29, 1.82) is 0 Å². The molecule has 0 amide bonds. The Hall–Kier alpha value is -1.68. The van der Waals surface area contributed by atoms with Crippen LogP contribution in [0, 0.1) is 0 Å². The minimum atomic E-state index is -0.101. The fourth-order valence-corrected chi connectivity index (χ4v) is 3.22. The molecule has 2 rings (SSSR count). The van der Waals surface area contributed by atoms with Crippen molar-refractivity contribution < 1.29 is 0 Å². The van der Waals surface area contributed by atoms with E-state index in [0.29, 0.717) is 0 Å². The summed E-state index contributed by atoms with van der Waals surface area (Å²) in [5, 5.41) is 8.26. The van der Waals surface area contributed by atoms with Gasteiger partial charge in [-0.05, 0) is 24.8 Å². The van der Waals surface area contributed by atoms with Gasteiger partial charge in [0.2, 0.25) is 0 Å². The normalized spacial score (nSPS) is 13.3. The molecule has 0 saturated carbocycles. The zero-order valence-corrected chi connectivity index (χ0v) is 13.3. The molecule has 21 heavy (non-hydrogen) atoms. The summed E-state index contributed by atoms with van der Waals surface area (Å²) >= 11 is 0. The van der Waals surface area contributed by atoms with Gasteiger partial charge >= 0.3 is 0 Å². The molecule has 1 aromatic heterocycles. The van der Waals surface area contributed by atoms with Crippen molar-refractivity contribution in [3.63, 3.8) is 0 Å². The smallest absolute Gasteiger partial charge is 0.0763 e. The maximum absolute atomic E-state index is 6.70. The van der Waals surface area contributed by atoms with Gasteiger partial charge in [0.1, 0.15) is 0 Å². The summed E-state index contributed by atoms with van der Waals surface area (Å²) in [6.45, 7) is 7.43. The molecule has 0 aliphatic heterocycles. The van der Waals surface area contributed by atoms with Gasteiger partial charge in [0.25, 0.3) is 0 Å². The van der Waals surface area contributed by atoms with Crippen LogP contribution in [0.25, 0.3) is 0 Å². The molecule has 0 saturated heterocycles. The van der Waals surface area contributed by atoms with E-state index in [9.17, 15) is 0 Å². The van der Waals surface area contributed by atoms with E-state index in [1.54, 1.807) is 0 Å². The number of nitrogens with zero attached hydrogens (tertiary/aromatic N) is 3. The number of aromatic nitrogens is 3. The van der Waals surface area contributed by atoms with Crippen molar-refractivity contribution >= 4 is 0 Å². The van der Waals surface area contributed by atoms with Gasteiger partial charge in [-0.25, -0.2) is 4.68 Å². The van der Waals surface area contributed by atoms with Gasteiger partial charge < -0.3 is 5.73 Å². The molecule has 114 valence electrons. The van der Waals surface area contributed by atoms with Crippen molar-refractivity contribution in [2.45, 2.75) is 58.0 Å². The lowest BCUT2D eigenvalue weighted by Crippen LogP contribution is -2.39. The van der Waals surface area contributed by atoms with Crippen LogP contribution in [-0.2, 0) is 12.0 Å². The van der Waals surface area contributed by atoms with Gasteiger partial charge in [-0.1, -0.05) is 56.3 Å². The van der Waals surface area contributed by atoms with E-state index in [-0.39, 0.29) is 11.5 Å². The average molecular weight is 286 g/mol. The number of aryl methyl sites for hydroxylation is 1. The minimum Gasteiger partial charge on any atom is -0.322 e. The highest BCUT2D eigenvalue weighted by atomic mass is 15.4. The summed E-state index contributed by atoms with van der Waals surface area (Å²) in [5.74, 6) is 0. The Labute approximate surface area is 127 Å². The third-order valence-electron chi connectivity index (χ3n) is 4.61. The standard InChI is InChI=1S/C17H26N4/c1-4-12-21-15(13-19-20-21)16(18)17(5-2,6-3)14-10-8-7-9-11-14/h7-11,13,16H,4-6,12,18H2,1-3H3. The molecule has 4 heteroatoms. The van der Waals surface area contributed by atoms with E-state index in [1.807, 2.05) is 16.9 Å². The lowest BCUT2D eigenvalue weighted by Gasteiger charge is -2.38. The molecular weight excluding hydrogens is 260 g/mol. The zero-order valence-electron chi connectivity index (χ0n) is 13.3. The topological polar surface area (TPSA) is 56.7 Å². The molecule has 1 unspecified atom stereocenters. The van der Waals surface area contributed by atoms with Crippen LogP contribution < -0.4 is 5.73 Å². The second kappa shape index (κ2) is 6.85. The molecule has 1 atom stereocenters. The van der Waals surface area contributed by atoms with Crippen LogP contribution in [0.1, 0.15) is 57.3 Å². The molecule has 0 aliphatic carbocycles. The number of nitrogens with two attached hydrogens (primary N) is 1. The first-order chi connectivity index (χ1) is 10.2. The van der Waals surface area contributed by atoms with E-state index in [2.05, 4.69) is 55.3 Å². The SMILES string of the molecule is CCCn1nncc1C(N)C(CC)(CC)c1ccccc1. The van der Waals surface area contributed by atoms with E-state index < -0.39 is 0 Å². The molecule has 1 heterocycles. The Balaban J connectivity index is 2.44. The quantitative estimate of drug-likeness (QED) is 0.848. The second-order valence-electron chi connectivity index (χ2n) is 5.59. The molecule has 4 nitrogen and oxygen atoms in total. The van der Waals surface area contributed by atoms with Gasteiger partial charge in [-0.3, -0.25) is 0 Å². The summed E-state index contributed by atoms with van der Waals surface area (Å²) in [7, 11) is 0. The number of benzene rings is 1. The monoisotopic (exact) mass is 286 g/mol. The number of hydrogen-bond donors (Lipinski definition) is 1. The summed E-state index contributed by atoms with van der Waals surface area (Å²) < 4.78 is 1.95. The first kappa shape index (κ1) is 15.7. The van der Waals surface area contributed by atoms with Gasteiger partial charge in [0, 0.05) is 12.0 Å². The van der Waals surface area contributed by atoms with E-state index in [4.69, 9.17) is 5.73 Å². The largest absolute Gasteiger partial charge is 0.322 e. The lowest BCUT2D eigenvalue weighted by atomic mass is 9.69. The lowest BCUT2D eigenvalue weighted by molar-refractivity contribution is 0.307. The summed E-state index contributed by atoms with van der Waals surface area (Å²) in [4.78, 5) is 0. The zero-order chi connectivity index (χ0) is 15.3. The van der Waals surface area contributed by atoms with Crippen LogP contribution in [-0.4, -0.2) is 15.0 Å². The Bertz CT molecular complexity index is 543. The Morgan fingerprint density at radius 1 is 1.14 bits per heavy atom. The molecule has 0 radical (unpaired) electrons. The third-order valence-corrected chi connectivity index (χ3v) is 4.61. The van der Waals surface area contributed by atoms with Crippen LogP contribution >= 0.6 is 0 Å². The van der Waals surface area contributed by atoms with Crippen molar-refractivity contribution in [3.05, 3.63) is 47.8 Å². The molecule has 0 fully saturated rings. The fourth-order valence-electron chi connectivity index (χ4n) is 3.22. The summed E-state index contributed by atoms with van der Waals surface area (Å²) in [5.41, 5.74) is 8.96. The van der Waals surface area contributed by atoms with E-state index in [1.165, 1.54) is 5.56 Å². The first-order valence-electron chi connectivity index (χ1n) is 7.89. The van der Waals surface area contributed by atoms with Crippen molar-refractivity contribution in [2.75, 3.05) is 0 Å². The Morgan fingerprint density at radius 2 is 1.81 bits per heavy atom. The van der Waals surface area contributed by atoms with Crippen molar-refractivity contribution in [1.82, 2.24) is 15.0 Å². The van der Waals surface area contributed by atoms with Crippen LogP contribution in [0.3, 0.4) is 0 Å². The van der Waals surface area contributed by atoms with Crippen LogP contribution in [0.4, 0.5) is 0 Å². The molecule has 0 spiro atoms. The summed E-state index contributed by atoms with van der Waals surface area (Å²) in [6.07, 6.45) is 4.83. The van der Waals surface area contributed by atoms with Crippen LogP contribution in [0.15, 0.2) is 36.5 Å². The molecule has 2 aromatic rings. The third kappa shape index (κ3) is 2.86. The molecular formula is C17H26N4. The maximum atomic E-state index is 6.70. The second-order valence-corrected chi connectivity index (χ2v) is 5.59.